The lowest BCUT2D eigenvalue weighted by molar-refractivity contribution is -0.122. The van der Waals surface area contributed by atoms with E-state index in [0.717, 1.165) is 11.3 Å². The highest BCUT2D eigenvalue weighted by molar-refractivity contribution is 8.18. The van der Waals surface area contributed by atoms with Gasteiger partial charge in [-0.2, -0.15) is 0 Å². The van der Waals surface area contributed by atoms with Crippen molar-refractivity contribution in [2.45, 2.75) is 6.54 Å². The van der Waals surface area contributed by atoms with Crippen molar-refractivity contribution < 1.29 is 14.3 Å². The Balaban J connectivity index is 1.69. The predicted molar refractivity (Wildman–Crippen MR) is 111 cm³/mol. The zero-order valence-corrected chi connectivity index (χ0v) is 16.2. The second kappa shape index (κ2) is 7.96. The van der Waals surface area contributed by atoms with Crippen molar-refractivity contribution in [2.24, 2.45) is 4.99 Å². The average Bonchev–Trinajstić information content (AvgIpc) is 3.30. The lowest BCUT2D eigenvalue weighted by atomic mass is 10.2. The number of amides is 1. The van der Waals surface area contributed by atoms with Crippen molar-refractivity contribution in [3.8, 4) is 5.75 Å². The van der Waals surface area contributed by atoms with Crippen LogP contribution < -0.4 is 0 Å². The number of carbonyl (C=O) groups is 1. The number of carbonyl (C=O) groups excluding carboxylic acids is 1. The molecule has 1 aromatic heterocycles. The highest BCUT2D eigenvalue weighted by Gasteiger charge is 2.34. The van der Waals surface area contributed by atoms with Gasteiger partial charge in [-0.15, -0.1) is 0 Å². The summed E-state index contributed by atoms with van der Waals surface area (Å²) < 4.78 is 5.40. The number of halogens is 1. The van der Waals surface area contributed by atoms with E-state index in [2.05, 4.69) is 4.99 Å². The number of hydrogen-bond donors (Lipinski definition) is 1. The SMILES string of the molecule is O=C1C(=Cc2ccc(O)c(Cl)c2)SC(=Nc2ccccc2)N1Cc1ccco1. The topological polar surface area (TPSA) is 66.0 Å². The van der Waals surface area contributed by atoms with Crippen LogP contribution in [0.5, 0.6) is 5.75 Å². The number of aliphatic imine (C=N–C) groups is 1. The van der Waals surface area contributed by atoms with Gasteiger partial charge in [0.2, 0.25) is 0 Å². The number of phenols is 1. The third-order valence-corrected chi connectivity index (χ3v) is 5.34. The van der Waals surface area contributed by atoms with Crippen LogP contribution in [0.2, 0.25) is 5.02 Å². The second-order valence-electron chi connectivity index (χ2n) is 6.02. The Morgan fingerprint density at radius 3 is 2.68 bits per heavy atom. The van der Waals surface area contributed by atoms with Crippen molar-refractivity contribution in [1.29, 1.82) is 0 Å². The first-order valence-corrected chi connectivity index (χ1v) is 9.65. The fraction of sp³-hybridized carbons (Fsp3) is 0.0476. The molecule has 3 aromatic rings. The Kier molecular flexibility index (Phi) is 5.23. The number of thioether (sulfide) groups is 1. The number of aromatic hydroxyl groups is 1. The van der Waals surface area contributed by atoms with Gasteiger partial charge < -0.3 is 9.52 Å². The highest BCUT2D eigenvalue weighted by atomic mass is 35.5. The van der Waals surface area contributed by atoms with Crippen LogP contribution in [0.25, 0.3) is 6.08 Å². The lowest BCUT2D eigenvalue weighted by Gasteiger charge is -2.13. The van der Waals surface area contributed by atoms with Crippen LogP contribution in [0, 0.1) is 0 Å². The molecule has 0 radical (unpaired) electrons. The van der Waals surface area contributed by atoms with E-state index >= 15 is 0 Å². The minimum absolute atomic E-state index is 0.00000629. The van der Waals surface area contributed by atoms with Crippen molar-refractivity contribution >= 4 is 46.2 Å². The van der Waals surface area contributed by atoms with Gasteiger partial charge in [0.25, 0.3) is 5.91 Å². The third kappa shape index (κ3) is 3.98. The fourth-order valence-corrected chi connectivity index (χ4v) is 3.85. The summed E-state index contributed by atoms with van der Waals surface area (Å²) in [5, 5.41) is 10.4. The Labute approximate surface area is 171 Å². The summed E-state index contributed by atoms with van der Waals surface area (Å²) in [6.07, 6.45) is 3.31. The van der Waals surface area contributed by atoms with Crippen LogP contribution in [-0.2, 0) is 11.3 Å². The predicted octanol–water partition coefficient (Wildman–Crippen LogP) is 5.44. The molecule has 1 saturated heterocycles. The number of amidine groups is 1. The van der Waals surface area contributed by atoms with Crippen LogP contribution in [0.1, 0.15) is 11.3 Å². The summed E-state index contributed by atoms with van der Waals surface area (Å²) in [7, 11) is 0. The summed E-state index contributed by atoms with van der Waals surface area (Å²) in [6, 6.07) is 17.9. The molecule has 1 N–H and O–H groups in total. The number of phenolic OH excluding ortho intramolecular Hbond substituents is 1. The minimum atomic E-state index is -0.166. The smallest absolute Gasteiger partial charge is 0.267 e. The normalized spacial score (nSPS) is 17.0. The quantitative estimate of drug-likeness (QED) is 0.581. The maximum atomic E-state index is 13.0. The Bertz CT molecular complexity index is 1060. The largest absolute Gasteiger partial charge is 0.506 e. The van der Waals surface area contributed by atoms with E-state index in [1.165, 1.54) is 17.8 Å². The van der Waals surface area contributed by atoms with E-state index in [4.69, 9.17) is 16.0 Å². The van der Waals surface area contributed by atoms with Gasteiger partial charge in [-0.1, -0.05) is 35.9 Å². The van der Waals surface area contributed by atoms with Crippen molar-refractivity contribution in [3.05, 3.63) is 88.2 Å². The van der Waals surface area contributed by atoms with Crippen LogP contribution in [-0.4, -0.2) is 21.1 Å². The Hall–Kier alpha value is -2.96. The lowest BCUT2D eigenvalue weighted by Crippen LogP contribution is -2.28. The molecular weight excluding hydrogens is 396 g/mol. The van der Waals surface area contributed by atoms with E-state index in [9.17, 15) is 9.90 Å². The van der Waals surface area contributed by atoms with Gasteiger partial charge in [0.1, 0.15) is 11.5 Å². The second-order valence-corrected chi connectivity index (χ2v) is 7.44. The van der Waals surface area contributed by atoms with Gasteiger partial charge in [0, 0.05) is 0 Å². The van der Waals surface area contributed by atoms with Crippen LogP contribution in [0.15, 0.2) is 81.2 Å². The van der Waals surface area contributed by atoms with E-state index in [1.807, 2.05) is 36.4 Å². The number of benzene rings is 2. The zero-order valence-electron chi connectivity index (χ0n) is 14.6. The van der Waals surface area contributed by atoms with Crippen LogP contribution >= 0.6 is 23.4 Å². The van der Waals surface area contributed by atoms with Crippen molar-refractivity contribution in [1.82, 2.24) is 4.90 Å². The maximum Gasteiger partial charge on any atom is 0.267 e. The van der Waals surface area contributed by atoms with E-state index < -0.39 is 0 Å². The zero-order chi connectivity index (χ0) is 19.5. The molecule has 0 spiro atoms. The molecule has 2 heterocycles. The first-order valence-electron chi connectivity index (χ1n) is 8.46. The minimum Gasteiger partial charge on any atom is -0.506 e. The summed E-state index contributed by atoms with van der Waals surface area (Å²) >= 11 is 7.27. The van der Waals surface area contributed by atoms with Gasteiger partial charge in [-0.3, -0.25) is 9.69 Å². The molecule has 4 rings (SSSR count). The van der Waals surface area contributed by atoms with Crippen molar-refractivity contribution in [2.75, 3.05) is 0 Å². The molecule has 2 aromatic carbocycles. The number of para-hydroxylation sites is 1. The van der Waals surface area contributed by atoms with Crippen LogP contribution in [0.4, 0.5) is 5.69 Å². The third-order valence-electron chi connectivity index (χ3n) is 4.03. The standard InChI is InChI=1S/C21H15ClN2O3S/c22-17-11-14(8-9-18(17)25)12-19-20(26)24(13-16-7-4-10-27-16)21(28-19)23-15-5-2-1-3-6-15/h1-12,25H,13H2. The molecule has 0 bridgehead atoms. The summed E-state index contributed by atoms with van der Waals surface area (Å²) in [5.41, 5.74) is 1.48. The number of nitrogens with zero attached hydrogens (tertiary/aromatic N) is 2. The molecular formula is C21H15ClN2O3S. The number of furan rings is 1. The van der Waals surface area contributed by atoms with Crippen molar-refractivity contribution in [3.63, 3.8) is 0 Å². The summed E-state index contributed by atoms with van der Waals surface area (Å²) in [4.78, 5) is 19.8. The summed E-state index contributed by atoms with van der Waals surface area (Å²) in [6.45, 7) is 0.290. The molecule has 1 amide bonds. The average molecular weight is 411 g/mol. The molecule has 0 atom stereocenters. The molecule has 28 heavy (non-hydrogen) atoms. The Morgan fingerprint density at radius 2 is 1.96 bits per heavy atom. The molecule has 0 saturated carbocycles. The van der Waals surface area contributed by atoms with Gasteiger partial charge in [-0.25, -0.2) is 4.99 Å². The van der Waals surface area contributed by atoms with E-state index in [1.54, 1.807) is 35.4 Å². The maximum absolute atomic E-state index is 13.0. The molecule has 1 aliphatic heterocycles. The first-order chi connectivity index (χ1) is 13.6. The molecule has 0 aliphatic carbocycles. The number of hydrogen-bond acceptors (Lipinski definition) is 5. The Morgan fingerprint density at radius 1 is 1.14 bits per heavy atom. The molecule has 5 nitrogen and oxygen atoms in total. The molecule has 0 unspecified atom stereocenters. The molecule has 140 valence electrons. The van der Waals surface area contributed by atoms with Crippen LogP contribution in [0.3, 0.4) is 0 Å². The van der Waals surface area contributed by atoms with E-state index in [0.29, 0.717) is 15.8 Å². The van der Waals surface area contributed by atoms with Gasteiger partial charge in [0.15, 0.2) is 5.17 Å². The van der Waals surface area contributed by atoms with Gasteiger partial charge in [-0.05, 0) is 59.8 Å². The first kappa shape index (κ1) is 18.4. The highest BCUT2D eigenvalue weighted by Crippen LogP contribution is 2.36. The number of rotatable bonds is 4. The summed E-state index contributed by atoms with van der Waals surface area (Å²) in [5.74, 6) is 0.504. The molecule has 1 aliphatic rings. The van der Waals surface area contributed by atoms with E-state index in [-0.39, 0.29) is 23.2 Å². The van der Waals surface area contributed by atoms with Gasteiger partial charge >= 0.3 is 0 Å². The molecule has 1 fully saturated rings. The monoisotopic (exact) mass is 410 g/mol. The fourth-order valence-electron chi connectivity index (χ4n) is 2.67. The molecule has 7 heteroatoms. The van der Waals surface area contributed by atoms with Gasteiger partial charge in [0.05, 0.1) is 28.4 Å².